The molecule has 3 aliphatic heterocycles. The van der Waals surface area contributed by atoms with E-state index in [9.17, 15) is 0 Å². The lowest BCUT2D eigenvalue weighted by Gasteiger charge is -2.49. The lowest BCUT2D eigenvalue weighted by atomic mass is 9.59. The van der Waals surface area contributed by atoms with Crippen LogP contribution in [-0.4, -0.2) is 0 Å². The summed E-state index contributed by atoms with van der Waals surface area (Å²) in [5, 5.41) is 0. The molecule has 6 aliphatic rings. The van der Waals surface area contributed by atoms with Crippen LogP contribution >= 0.6 is 0 Å². The maximum Gasteiger partial charge on any atom is 0.0542 e. The Morgan fingerprint density at radius 3 is 1.63 bits per heavy atom. The predicted octanol–water partition coefficient (Wildman–Crippen LogP) is 21.7. The Labute approximate surface area is 491 Å². The number of allylic oxidation sites excluding steroid dienone is 1. The first-order valence-electron chi connectivity index (χ1n) is 30.8. The zero-order chi connectivity index (χ0) is 57.5. The molecule has 3 aliphatic carbocycles. The predicted molar refractivity (Wildman–Crippen MR) is 349 cm³/mol. The number of aryl methyl sites for hydroxylation is 1. The Hall–Kier alpha value is -7.10. The van der Waals surface area contributed by atoms with Crippen molar-refractivity contribution in [1.29, 1.82) is 0 Å². The van der Waals surface area contributed by atoms with E-state index in [0.29, 0.717) is 5.92 Å². The van der Waals surface area contributed by atoms with E-state index in [-0.39, 0.29) is 38.4 Å². The largest absolute Gasteiger partial charge is 0.310 e. The first-order valence-corrected chi connectivity index (χ1v) is 30.8. The van der Waals surface area contributed by atoms with Crippen LogP contribution < -0.4 is 14.7 Å². The summed E-state index contributed by atoms with van der Waals surface area (Å²) in [5.74, 6) is 0.590. The molecule has 0 saturated heterocycles. The SMILES string of the molecule is Cc1cc2c3c(c1)N(c1ccc(C(C)(C)C)cc1-c1ccc(C(C)(C)C)cc1)c1cc4c(cc1C3C1=C(c3cc(C(C)(C)C)ccc3C1)N2c1cc2c3c(c1)CC(C)(C)CC3CC(C)(C)C2)C(C)(C)c1ccccc1N4c1ccccc1. The Morgan fingerprint density at radius 2 is 1.00 bits per heavy atom. The molecule has 1 atom stereocenters. The average Bonchev–Trinajstić information content (AvgIpc) is 4.02. The smallest absolute Gasteiger partial charge is 0.0542 e. The van der Waals surface area contributed by atoms with Crippen molar-refractivity contribution in [3.63, 3.8) is 0 Å². The fourth-order valence-corrected chi connectivity index (χ4v) is 16.2. The van der Waals surface area contributed by atoms with E-state index >= 15 is 0 Å². The van der Waals surface area contributed by atoms with E-state index in [1.54, 1.807) is 16.7 Å². The fraction of sp³-hybridized carbons (Fsp3) is 0.367. The van der Waals surface area contributed by atoms with Gasteiger partial charge in [0.15, 0.2) is 0 Å². The van der Waals surface area contributed by atoms with E-state index in [1.807, 2.05) is 0 Å². The Bertz CT molecular complexity index is 3970. The fourth-order valence-electron chi connectivity index (χ4n) is 16.2. The summed E-state index contributed by atoms with van der Waals surface area (Å²) < 4.78 is 0. The molecule has 8 aromatic carbocycles. The van der Waals surface area contributed by atoms with E-state index in [4.69, 9.17) is 0 Å². The third-order valence-corrected chi connectivity index (χ3v) is 20.1. The van der Waals surface area contributed by atoms with Gasteiger partial charge in [-0.2, -0.15) is 0 Å². The van der Waals surface area contributed by atoms with Crippen LogP contribution in [0.5, 0.6) is 0 Å². The summed E-state index contributed by atoms with van der Waals surface area (Å²) in [6.45, 7) is 38.6. The lowest BCUT2D eigenvalue weighted by molar-refractivity contribution is 0.203. The summed E-state index contributed by atoms with van der Waals surface area (Å²) in [6.07, 6.45) is 5.62. The molecule has 3 heterocycles. The third-order valence-electron chi connectivity index (χ3n) is 20.1. The molecule has 0 spiro atoms. The summed E-state index contributed by atoms with van der Waals surface area (Å²) in [7, 11) is 0. The van der Waals surface area contributed by atoms with Gasteiger partial charge in [-0.05, 0) is 217 Å². The molecule has 82 heavy (non-hydrogen) atoms. The summed E-state index contributed by atoms with van der Waals surface area (Å²) in [4.78, 5) is 8.09. The number of para-hydroxylation sites is 2. The number of anilines is 8. The highest BCUT2D eigenvalue weighted by Gasteiger charge is 2.49. The van der Waals surface area contributed by atoms with Crippen LogP contribution in [0.25, 0.3) is 16.8 Å². The standard InChI is InChI=1S/C79H85N3/c1-47-34-68-72-69(35-47)82(64-33-32-55(76(8,9)10)39-58(64)48-26-29-53(30-27-48)74(2,3)4)66-42-67-63(79(15,16)62-24-20-21-25-65(62)80(67)56-22-18-17-19-23-56)41-60(66)71(72)61-38-49-28-31-54(75(5,6)7)40-59(49)73(61)81(68)57-36-50-43-77(11,12)45-52-46-78(13,14)44-51(37-57)70(50)52/h17-37,39-42,52,71H,38,43-46H2,1-16H3. The van der Waals surface area contributed by atoms with Crippen molar-refractivity contribution in [2.75, 3.05) is 14.7 Å². The second kappa shape index (κ2) is 17.7. The normalized spacial score (nSPS) is 19.0. The zero-order valence-electron chi connectivity index (χ0n) is 52.0. The molecule has 416 valence electrons. The number of fused-ring (bicyclic) bond motifs is 7. The van der Waals surface area contributed by atoms with Crippen molar-refractivity contribution >= 4 is 51.2 Å². The molecule has 0 bridgehead atoms. The first-order chi connectivity index (χ1) is 38.6. The molecule has 14 rings (SSSR count). The van der Waals surface area contributed by atoms with E-state index < -0.39 is 0 Å². The van der Waals surface area contributed by atoms with Gasteiger partial charge in [0.1, 0.15) is 0 Å². The summed E-state index contributed by atoms with van der Waals surface area (Å²) in [6, 6.07) is 60.5. The van der Waals surface area contributed by atoms with E-state index in [0.717, 1.165) is 19.3 Å². The molecule has 0 aromatic heterocycles. The maximum atomic E-state index is 2.80. The minimum Gasteiger partial charge on any atom is -0.310 e. The Balaban J connectivity index is 1.11. The van der Waals surface area contributed by atoms with Gasteiger partial charge in [0.2, 0.25) is 0 Å². The van der Waals surface area contributed by atoms with Crippen LogP contribution in [0.4, 0.5) is 45.5 Å². The zero-order valence-corrected chi connectivity index (χ0v) is 52.0. The second-order valence-corrected chi connectivity index (χ2v) is 31.0. The number of rotatable bonds is 4. The Morgan fingerprint density at radius 1 is 0.427 bits per heavy atom. The van der Waals surface area contributed by atoms with Gasteiger partial charge in [0.05, 0.1) is 39.8 Å². The monoisotopic (exact) mass is 1080 g/mol. The van der Waals surface area contributed by atoms with Crippen molar-refractivity contribution < 1.29 is 0 Å². The topological polar surface area (TPSA) is 9.72 Å². The van der Waals surface area contributed by atoms with Gasteiger partial charge in [0, 0.05) is 39.4 Å². The van der Waals surface area contributed by atoms with Crippen molar-refractivity contribution in [3.05, 3.63) is 230 Å². The quantitative estimate of drug-likeness (QED) is 0.174. The van der Waals surface area contributed by atoms with Crippen molar-refractivity contribution in [2.45, 2.75) is 176 Å². The van der Waals surface area contributed by atoms with Crippen molar-refractivity contribution in [3.8, 4) is 11.1 Å². The number of hydrogen-bond acceptors (Lipinski definition) is 3. The van der Waals surface area contributed by atoms with E-state index in [2.05, 4.69) is 277 Å². The molecule has 0 saturated carbocycles. The molecule has 8 aromatic rings. The molecule has 0 N–H and O–H groups in total. The molecular weight excluding hydrogens is 991 g/mol. The van der Waals surface area contributed by atoms with Gasteiger partial charge in [-0.1, -0.05) is 183 Å². The Kier molecular flexibility index (Phi) is 11.4. The average molecular weight is 1080 g/mol. The number of benzene rings is 8. The van der Waals surface area contributed by atoms with Gasteiger partial charge in [-0.15, -0.1) is 0 Å². The highest BCUT2D eigenvalue weighted by molar-refractivity contribution is 6.05. The molecular formula is C79H85N3. The molecule has 3 nitrogen and oxygen atoms in total. The lowest BCUT2D eigenvalue weighted by Crippen LogP contribution is -2.35. The maximum absolute atomic E-state index is 2.80. The number of hydrogen-bond donors (Lipinski definition) is 0. The molecule has 0 radical (unpaired) electrons. The van der Waals surface area contributed by atoms with Crippen LogP contribution in [0.2, 0.25) is 0 Å². The molecule has 1 unspecified atom stereocenters. The van der Waals surface area contributed by atoms with E-state index in [1.165, 1.54) is 136 Å². The number of nitrogens with zero attached hydrogens (tertiary/aromatic N) is 3. The summed E-state index contributed by atoms with van der Waals surface area (Å²) in [5.41, 5.74) is 34.0. The molecule has 3 heteroatoms. The first kappa shape index (κ1) is 52.9. The highest BCUT2D eigenvalue weighted by Crippen LogP contribution is 2.66. The van der Waals surface area contributed by atoms with Gasteiger partial charge in [-0.25, -0.2) is 0 Å². The highest BCUT2D eigenvalue weighted by atomic mass is 15.2. The molecule has 0 fully saturated rings. The molecule has 0 amide bonds. The minimum atomic E-state index is -0.302. The van der Waals surface area contributed by atoms with Crippen molar-refractivity contribution in [1.82, 2.24) is 0 Å². The minimum absolute atomic E-state index is 0.00127. The summed E-state index contributed by atoms with van der Waals surface area (Å²) >= 11 is 0. The second-order valence-electron chi connectivity index (χ2n) is 31.0. The van der Waals surface area contributed by atoms with Gasteiger partial charge in [0.25, 0.3) is 0 Å². The van der Waals surface area contributed by atoms with Crippen LogP contribution in [0.15, 0.2) is 157 Å². The van der Waals surface area contributed by atoms with Crippen LogP contribution in [0.3, 0.4) is 0 Å². The van der Waals surface area contributed by atoms with Gasteiger partial charge >= 0.3 is 0 Å². The van der Waals surface area contributed by atoms with Gasteiger partial charge in [-0.3, -0.25) is 0 Å². The van der Waals surface area contributed by atoms with Gasteiger partial charge < -0.3 is 14.7 Å². The van der Waals surface area contributed by atoms with Crippen LogP contribution in [0, 0.1) is 17.8 Å². The van der Waals surface area contributed by atoms with Crippen molar-refractivity contribution in [2.24, 2.45) is 10.8 Å². The van der Waals surface area contributed by atoms with Crippen LogP contribution in [-0.2, 0) is 40.9 Å². The van der Waals surface area contributed by atoms with Crippen LogP contribution in [0.1, 0.15) is 201 Å². The third kappa shape index (κ3) is 8.24.